The predicted octanol–water partition coefficient (Wildman–Crippen LogP) is 0.876. The van der Waals surface area contributed by atoms with Gasteiger partial charge in [0.15, 0.2) is 10.8 Å². The summed E-state index contributed by atoms with van der Waals surface area (Å²) in [5.74, 6) is -2.12. The molecule has 158 valence electrons. The number of nitrogens with one attached hydrogen (secondary N) is 1. The number of anilines is 1. The van der Waals surface area contributed by atoms with Crippen molar-refractivity contribution >= 4 is 51.7 Å². The van der Waals surface area contributed by atoms with Gasteiger partial charge < -0.3 is 25.9 Å². The molecule has 3 atom stereocenters. The van der Waals surface area contributed by atoms with Crippen LogP contribution in [0.1, 0.15) is 39.5 Å². The van der Waals surface area contributed by atoms with Crippen LogP contribution < -0.4 is 11.1 Å². The van der Waals surface area contributed by atoms with Gasteiger partial charge in [0.1, 0.15) is 23.1 Å². The van der Waals surface area contributed by atoms with Crippen LogP contribution in [0.2, 0.25) is 0 Å². The van der Waals surface area contributed by atoms with Crippen LogP contribution in [0.15, 0.2) is 11.4 Å². The number of oxime groups is 1. The number of thioether (sulfide) groups is 1. The van der Waals surface area contributed by atoms with Gasteiger partial charge in [-0.15, -0.1) is 11.8 Å². The topological polar surface area (TPSA) is 147 Å². The van der Waals surface area contributed by atoms with Gasteiger partial charge in [0, 0.05) is 10.9 Å². The Hall–Kier alpha value is -2.34. The minimum atomic E-state index is -1.07. The van der Waals surface area contributed by atoms with Gasteiger partial charge in [-0.05, 0) is 34.6 Å². The van der Waals surface area contributed by atoms with E-state index in [2.05, 4.69) is 15.5 Å². The van der Waals surface area contributed by atoms with Crippen LogP contribution in [0, 0.1) is 0 Å². The standard InChI is InChI=1S/C17H23N5O5S2/c1-16(2,3)27-21-8(7-6-19-15(18)28-7)11(23)20-9-12(24)22-10(14(25)26)17(4,5)29-13(9)22/h6,9-10,13H,1-5H3,(H2,18,19)(H,20,23)(H,25,26)/b21-8+/t9-,10+,13-/m1/s1. The summed E-state index contributed by atoms with van der Waals surface area (Å²) >= 11 is 2.41. The minimum Gasteiger partial charge on any atom is -0.480 e. The van der Waals surface area contributed by atoms with Gasteiger partial charge in [-0.25, -0.2) is 9.78 Å². The van der Waals surface area contributed by atoms with Crippen molar-refractivity contribution in [1.82, 2.24) is 15.2 Å². The lowest BCUT2D eigenvalue weighted by atomic mass is 9.96. The molecule has 1 aromatic heterocycles. The number of carbonyl (C=O) groups excluding carboxylic acids is 2. The lowest BCUT2D eigenvalue weighted by Gasteiger charge is -2.43. The summed E-state index contributed by atoms with van der Waals surface area (Å²) in [5, 5.41) is 15.9. The van der Waals surface area contributed by atoms with Gasteiger partial charge >= 0.3 is 5.97 Å². The van der Waals surface area contributed by atoms with Gasteiger partial charge in [-0.1, -0.05) is 16.5 Å². The Balaban J connectivity index is 1.81. The number of hydrogen-bond acceptors (Lipinski definition) is 9. The first-order valence-corrected chi connectivity index (χ1v) is 10.5. The highest BCUT2D eigenvalue weighted by atomic mass is 32.2. The van der Waals surface area contributed by atoms with Crippen LogP contribution in [-0.2, 0) is 19.2 Å². The molecular formula is C17H23N5O5S2. The number of amides is 2. The second-order valence-electron chi connectivity index (χ2n) is 8.26. The molecule has 2 saturated heterocycles. The van der Waals surface area contributed by atoms with E-state index in [0.29, 0.717) is 4.88 Å². The molecule has 4 N–H and O–H groups in total. The van der Waals surface area contributed by atoms with E-state index in [1.807, 2.05) is 0 Å². The zero-order valence-corrected chi connectivity index (χ0v) is 18.3. The molecule has 12 heteroatoms. The number of thiazole rings is 1. The number of nitrogen functional groups attached to an aromatic ring is 1. The van der Waals surface area contributed by atoms with Crippen molar-refractivity contribution in [1.29, 1.82) is 0 Å². The van der Waals surface area contributed by atoms with Crippen molar-refractivity contribution in [2.24, 2.45) is 5.16 Å². The molecule has 2 aliphatic rings. The lowest BCUT2D eigenvalue weighted by molar-refractivity contribution is -0.160. The van der Waals surface area contributed by atoms with E-state index in [1.165, 1.54) is 22.9 Å². The number of carboxylic acid groups (broad SMARTS) is 1. The predicted molar refractivity (Wildman–Crippen MR) is 110 cm³/mol. The number of aliphatic carboxylic acids is 1. The summed E-state index contributed by atoms with van der Waals surface area (Å²) < 4.78 is -0.677. The van der Waals surface area contributed by atoms with Gasteiger partial charge in [-0.3, -0.25) is 9.59 Å². The maximum Gasteiger partial charge on any atom is 0.327 e. The molecule has 0 saturated carbocycles. The molecule has 0 radical (unpaired) electrons. The Morgan fingerprint density at radius 3 is 2.59 bits per heavy atom. The number of hydrogen-bond donors (Lipinski definition) is 3. The SMILES string of the molecule is CC(C)(C)O/N=C(/C(=O)N[C@@H]1C(=O)N2[C@@H]1SC(C)(C)[C@@H]2C(=O)O)c1cnc(N)s1. The van der Waals surface area contributed by atoms with Crippen LogP contribution in [0.5, 0.6) is 0 Å². The molecule has 0 aliphatic carbocycles. The third-order valence-corrected chi connectivity index (χ3v) is 6.75. The molecule has 2 fully saturated rings. The smallest absolute Gasteiger partial charge is 0.327 e. The number of carboxylic acids is 1. The fourth-order valence-electron chi connectivity index (χ4n) is 3.13. The van der Waals surface area contributed by atoms with Crippen LogP contribution in [0.3, 0.4) is 0 Å². The molecule has 29 heavy (non-hydrogen) atoms. The summed E-state index contributed by atoms with van der Waals surface area (Å²) in [6, 6.07) is -1.79. The molecule has 3 rings (SSSR count). The number of rotatable bonds is 5. The highest BCUT2D eigenvalue weighted by molar-refractivity contribution is 8.01. The van der Waals surface area contributed by atoms with Crippen molar-refractivity contribution in [3.63, 3.8) is 0 Å². The van der Waals surface area contributed by atoms with Gasteiger partial charge in [-0.2, -0.15) is 0 Å². The van der Waals surface area contributed by atoms with E-state index in [4.69, 9.17) is 10.6 Å². The van der Waals surface area contributed by atoms with Crippen molar-refractivity contribution in [2.45, 2.75) is 62.4 Å². The summed E-state index contributed by atoms with van der Waals surface area (Å²) in [6.07, 6.45) is 1.41. The Kier molecular flexibility index (Phi) is 5.28. The van der Waals surface area contributed by atoms with Gasteiger partial charge in [0.25, 0.3) is 5.91 Å². The molecule has 0 unspecified atom stereocenters. The molecule has 10 nitrogen and oxygen atoms in total. The quantitative estimate of drug-likeness (QED) is 0.346. The van der Waals surface area contributed by atoms with E-state index in [-0.39, 0.29) is 10.8 Å². The number of nitrogens with two attached hydrogens (primary N) is 1. The van der Waals surface area contributed by atoms with Crippen LogP contribution in [0.4, 0.5) is 5.13 Å². The Morgan fingerprint density at radius 1 is 1.41 bits per heavy atom. The maximum absolute atomic E-state index is 12.9. The highest BCUT2D eigenvalue weighted by Gasteiger charge is 2.64. The number of β-lactam (4-membered cyclic amide) rings is 1. The van der Waals surface area contributed by atoms with E-state index in [1.54, 1.807) is 34.6 Å². The van der Waals surface area contributed by atoms with Crippen LogP contribution >= 0.6 is 23.1 Å². The lowest BCUT2D eigenvalue weighted by Crippen LogP contribution is -2.71. The third-order valence-electron chi connectivity index (χ3n) is 4.34. The zero-order chi connectivity index (χ0) is 21.7. The second kappa shape index (κ2) is 7.17. The number of carbonyl (C=O) groups is 3. The largest absolute Gasteiger partial charge is 0.480 e. The van der Waals surface area contributed by atoms with E-state index < -0.39 is 45.6 Å². The molecule has 0 aromatic carbocycles. The number of fused-ring (bicyclic) bond motifs is 1. The van der Waals surface area contributed by atoms with E-state index in [9.17, 15) is 19.5 Å². The molecule has 0 spiro atoms. The average Bonchev–Trinajstić information content (AvgIpc) is 3.10. The fourth-order valence-corrected chi connectivity index (χ4v) is 5.42. The summed E-state index contributed by atoms with van der Waals surface area (Å²) in [6.45, 7) is 8.88. The fraction of sp³-hybridized carbons (Fsp3) is 0.588. The summed E-state index contributed by atoms with van der Waals surface area (Å²) in [7, 11) is 0. The molecule has 3 heterocycles. The molecule has 2 aliphatic heterocycles. The van der Waals surface area contributed by atoms with Crippen molar-refractivity contribution in [3.8, 4) is 0 Å². The Morgan fingerprint density at radius 2 is 2.07 bits per heavy atom. The maximum atomic E-state index is 12.9. The van der Waals surface area contributed by atoms with E-state index in [0.717, 1.165) is 11.3 Å². The molecular weight excluding hydrogens is 418 g/mol. The first kappa shape index (κ1) is 21.4. The van der Waals surface area contributed by atoms with Crippen LogP contribution in [0.25, 0.3) is 0 Å². The first-order valence-electron chi connectivity index (χ1n) is 8.83. The molecule has 1 aromatic rings. The minimum absolute atomic E-state index is 0.0441. The van der Waals surface area contributed by atoms with Crippen molar-refractivity contribution in [3.05, 3.63) is 11.1 Å². The van der Waals surface area contributed by atoms with E-state index >= 15 is 0 Å². The number of aromatic nitrogens is 1. The van der Waals surface area contributed by atoms with Crippen molar-refractivity contribution in [2.75, 3.05) is 5.73 Å². The molecule has 2 amide bonds. The Bertz CT molecular complexity index is 891. The van der Waals surface area contributed by atoms with Gasteiger partial charge in [0.05, 0.1) is 4.88 Å². The van der Waals surface area contributed by atoms with Gasteiger partial charge in [0.2, 0.25) is 5.91 Å². The normalized spacial score (nSPS) is 26.0. The average molecular weight is 442 g/mol. The third kappa shape index (κ3) is 4.04. The summed E-state index contributed by atoms with van der Waals surface area (Å²) in [5.41, 5.74) is 4.98. The van der Waals surface area contributed by atoms with Crippen LogP contribution in [-0.4, -0.2) is 66.3 Å². The second-order valence-corrected chi connectivity index (χ2v) is 11.1. The first-order chi connectivity index (χ1) is 13.3. The highest BCUT2D eigenvalue weighted by Crippen LogP contribution is 2.50. The Labute approximate surface area is 175 Å². The monoisotopic (exact) mass is 441 g/mol. The van der Waals surface area contributed by atoms with Crippen molar-refractivity contribution < 1.29 is 24.3 Å². The summed E-state index contributed by atoms with van der Waals surface area (Å²) in [4.78, 5) is 48.1. The number of nitrogens with zero attached hydrogens (tertiary/aromatic N) is 3. The zero-order valence-electron chi connectivity index (χ0n) is 16.6. The molecule has 0 bridgehead atoms.